The van der Waals surface area contributed by atoms with Crippen LogP contribution in [0.4, 0.5) is 5.82 Å². The number of methoxy groups -OCH3 is 1. The van der Waals surface area contributed by atoms with E-state index in [1.165, 1.54) is 38.5 Å². The monoisotopic (exact) mass is 251 g/mol. The molecule has 0 aliphatic heterocycles. The number of amides is 1. The number of pyridine rings is 1. The summed E-state index contributed by atoms with van der Waals surface area (Å²) in [5.41, 5.74) is 4.83. The molecule has 0 atom stereocenters. The third-order valence-electron chi connectivity index (χ3n) is 2.73. The molecule has 1 aliphatic carbocycles. The molecule has 0 spiro atoms. The van der Waals surface area contributed by atoms with Crippen molar-refractivity contribution in [3.63, 3.8) is 0 Å². The number of anilines is 1. The van der Waals surface area contributed by atoms with Gasteiger partial charge >= 0.3 is 0 Å². The standard InChI is InChI=1S/C7H9N3O2.C6H12/c1-12-6-2-3-8-7(4-6)10-9-5-11;1-2-4-6-5-3-1/h2-5H,1H3,(H,8,10)(H,9,11);1-6H2. The summed E-state index contributed by atoms with van der Waals surface area (Å²) in [4.78, 5) is 13.8. The lowest BCUT2D eigenvalue weighted by Gasteiger charge is -2.05. The smallest absolute Gasteiger partial charge is 0.225 e. The molecule has 0 unspecified atom stereocenters. The van der Waals surface area contributed by atoms with Crippen LogP contribution in [0.3, 0.4) is 0 Å². The first-order valence-electron chi connectivity index (χ1n) is 6.32. The maximum absolute atomic E-state index is 9.90. The van der Waals surface area contributed by atoms with Crippen LogP contribution in [0.1, 0.15) is 38.5 Å². The Balaban J connectivity index is 0.000000225. The zero-order chi connectivity index (χ0) is 13.1. The van der Waals surface area contributed by atoms with Crippen molar-refractivity contribution in [3.05, 3.63) is 18.3 Å². The van der Waals surface area contributed by atoms with Gasteiger partial charge in [-0.05, 0) is 6.07 Å². The van der Waals surface area contributed by atoms with E-state index in [1.54, 1.807) is 25.4 Å². The van der Waals surface area contributed by atoms with Gasteiger partial charge in [0.15, 0.2) is 0 Å². The van der Waals surface area contributed by atoms with Crippen molar-refractivity contribution in [2.45, 2.75) is 38.5 Å². The zero-order valence-corrected chi connectivity index (χ0v) is 10.8. The van der Waals surface area contributed by atoms with E-state index in [1.807, 2.05) is 0 Å². The van der Waals surface area contributed by atoms with Crippen LogP contribution in [-0.4, -0.2) is 18.5 Å². The molecule has 0 aromatic carbocycles. The number of carbonyl (C=O) groups excluding carboxylic acids is 1. The minimum atomic E-state index is 0.529. The predicted octanol–water partition coefficient (Wildman–Crippen LogP) is 2.50. The van der Waals surface area contributed by atoms with Crippen molar-refractivity contribution >= 4 is 12.2 Å². The van der Waals surface area contributed by atoms with Gasteiger partial charge in [0.1, 0.15) is 11.6 Å². The quantitative estimate of drug-likeness (QED) is 0.637. The molecular weight excluding hydrogens is 230 g/mol. The second kappa shape index (κ2) is 9.27. The molecule has 5 nitrogen and oxygen atoms in total. The van der Waals surface area contributed by atoms with Crippen LogP contribution in [0, 0.1) is 0 Å². The van der Waals surface area contributed by atoms with Crippen LogP contribution in [0.2, 0.25) is 0 Å². The molecule has 1 heterocycles. The van der Waals surface area contributed by atoms with Gasteiger partial charge in [0, 0.05) is 12.3 Å². The van der Waals surface area contributed by atoms with E-state index >= 15 is 0 Å². The lowest BCUT2D eigenvalue weighted by molar-refractivity contribution is -0.109. The molecule has 0 saturated heterocycles. The van der Waals surface area contributed by atoms with E-state index < -0.39 is 0 Å². The summed E-state index contributed by atoms with van der Waals surface area (Å²) in [5.74, 6) is 1.21. The van der Waals surface area contributed by atoms with Crippen molar-refractivity contribution in [2.75, 3.05) is 12.5 Å². The Morgan fingerprint density at radius 2 is 1.83 bits per heavy atom. The average Bonchev–Trinajstić information content (AvgIpc) is 2.48. The van der Waals surface area contributed by atoms with Crippen molar-refractivity contribution < 1.29 is 9.53 Å². The van der Waals surface area contributed by atoms with Crippen molar-refractivity contribution in [1.82, 2.24) is 10.4 Å². The predicted molar refractivity (Wildman–Crippen MR) is 71.3 cm³/mol. The molecule has 100 valence electrons. The molecule has 1 aromatic rings. The number of hydrogen-bond acceptors (Lipinski definition) is 4. The summed E-state index contributed by atoms with van der Waals surface area (Å²) in [6, 6.07) is 3.38. The minimum absolute atomic E-state index is 0.529. The highest BCUT2D eigenvalue weighted by molar-refractivity contribution is 5.51. The van der Waals surface area contributed by atoms with E-state index in [4.69, 9.17) is 4.74 Å². The Labute approximate surface area is 108 Å². The molecule has 0 bridgehead atoms. The lowest BCUT2D eigenvalue weighted by atomic mass is 10.0. The van der Waals surface area contributed by atoms with Gasteiger partial charge in [0.2, 0.25) is 6.41 Å². The molecule has 0 radical (unpaired) electrons. The first kappa shape index (κ1) is 14.3. The van der Waals surface area contributed by atoms with Gasteiger partial charge in [0.25, 0.3) is 0 Å². The van der Waals surface area contributed by atoms with E-state index in [0.29, 0.717) is 18.0 Å². The maximum atomic E-state index is 9.90. The average molecular weight is 251 g/mol. The lowest BCUT2D eigenvalue weighted by Crippen LogP contribution is -2.19. The summed E-state index contributed by atoms with van der Waals surface area (Å²) in [6.45, 7) is 0. The first-order chi connectivity index (χ1) is 8.86. The van der Waals surface area contributed by atoms with Gasteiger partial charge in [-0.15, -0.1) is 0 Å². The normalized spacial score (nSPS) is 13.8. The van der Waals surface area contributed by atoms with Crippen molar-refractivity contribution in [3.8, 4) is 5.75 Å². The molecule has 2 rings (SSSR count). The van der Waals surface area contributed by atoms with E-state index in [0.717, 1.165) is 0 Å². The highest BCUT2D eigenvalue weighted by Gasteiger charge is 1.95. The summed E-state index contributed by atoms with van der Waals surface area (Å²) in [6.07, 6.45) is 11.1. The summed E-state index contributed by atoms with van der Waals surface area (Å²) in [7, 11) is 1.56. The number of nitrogens with zero attached hydrogens (tertiary/aromatic N) is 1. The Morgan fingerprint density at radius 3 is 2.33 bits per heavy atom. The van der Waals surface area contributed by atoms with E-state index in [9.17, 15) is 4.79 Å². The van der Waals surface area contributed by atoms with Crippen LogP contribution < -0.4 is 15.6 Å². The highest BCUT2D eigenvalue weighted by atomic mass is 16.5. The first-order valence-corrected chi connectivity index (χ1v) is 6.32. The minimum Gasteiger partial charge on any atom is -0.497 e. The number of hydrazine groups is 1. The van der Waals surface area contributed by atoms with Crippen LogP contribution >= 0.6 is 0 Å². The fourth-order valence-electron chi connectivity index (χ4n) is 1.77. The SMILES string of the molecule is C1CCCCC1.COc1ccnc(NNC=O)c1. The Kier molecular flexibility index (Phi) is 7.36. The Bertz CT molecular complexity index is 329. The summed E-state index contributed by atoms with van der Waals surface area (Å²) < 4.78 is 4.94. The number of ether oxygens (including phenoxy) is 1. The van der Waals surface area contributed by atoms with Gasteiger partial charge < -0.3 is 4.74 Å². The van der Waals surface area contributed by atoms with Crippen molar-refractivity contribution in [1.29, 1.82) is 0 Å². The van der Waals surface area contributed by atoms with E-state index in [-0.39, 0.29) is 0 Å². The van der Waals surface area contributed by atoms with E-state index in [2.05, 4.69) is 15.8 Å². The van der Waals surface area contributed by atoms with Crippen molar-refractivity contribution in [2.24, 2.45) is 0 Å². The molecule has 5 heteroatoms. The van der Waals surface area contributed by atoms with Gasteiger partial charge in [-0.25, -0.2) is 4.98 Å². The fraction of sp³-hybridized carbons (Fsp3) is 0.538. The highest BCUT2D eigenvalue weighted by Crippen LogP contribution is 2.15. The number of carbonyl (C=O) groups is 1. The van der Waals surface area contributed by atoms with Gasteiger partial charge in [-0.3, -0.25) is 15.6 Å². The third kappa shape index (κ3) is 6.08. The summed E-state index contributed by atoms with van der Waals surface area (Å²) in [5, 5.41) is 0. The molecular formula is C13H21N3O2. The fourth-order valence-corrected chi connectivity index (χ4v) is 1.77. The Hall–Kier alpha value is -1.78. The number of rotatable bonds is 4. The van der Waals surface area contributed by atoms with Crippen LogP contribution in [0.25, 0.3) is 0 Å². The maximum Gasteiger partial charge on any atom is 0.225 e. The zero-order valence-electron chi connectivity index (χ0n) is 10.8. The van der Waals surface area contributed by atoms with Gasteiger partial charge in [-0.1, -0.05) is 38.5 Å². The van der Waals surface area contributed by atoms with Crippen LogP contribution in [0.15, 0.2) is 18.3 Å². The molecule has 1 aliphatic rings. The Morgan fingerprint density at radius 1 is 1.22 bits per heavy atom. The van der Waals surface area contributed by atoms with Crippen LogP contribution in [0.5, 0.6) is 5.75 Å². The number of nitrogens with one attached hydrogen (secondary N) is 2. The number of aromatic nitrogens is 1. The molecule has 2 N–H and O–H groups in total. The third-order valence-corrected chi connectivity index (χ3v) is 2.73. The number of hydrogen-bond donors (Lipinski definition) is 2. The van der Waals surface area contributed by atoms with Crippen LogP contribution in [-0.2, 0) is 4.79 Å². The molecule has 1 amide bonds. The van der Waals surface area contributed by atoms with Gasteiger partial charge in [0.05, 0.1) is 7.11 Å². The molecule has 1 fully saturated rings. The molecule has 18 heavy (non-hydrogen) atoms. The molecule has 1 aromatic heterocycles. The topological polar surface area (TPSA) is 63.2 Å². The largest absolute Gasteiger partial charge is 0.497 e. The summed E-state index contributed by atoms with van der Waals surface area (Å²) >= 11 is 0. The molecule has 1 saturated carbocycles. The van der Waals surface area contributed by atoms with Gasteiger partial charge in [-0.2, -0.15) is 0 Å². The second-order valence-electron chi connectivity index (χ2n) is 4.09. The second-order valence-corrected chi connectivity index (χ2v) is 4.09.